The monoisotopic (exact) mass is 452 g/mol. The van der Waals surface area contributed by atoms with Crippen LogP contribution in [-0.2, 0) is 0 Å². The lowest BCUT2D eigenvalue weighted by Gasteiger charge is -2.41. The molecule has 2 aliphatic rings. The quantitative estimate of drug-likeness (QED) is 0.614. The highest BCUT2D eigenvalue weighted by molar-refractivity contribution is 5.98. The van der Waals surface area contributed by atoms with Crippen LogP contribution in [0.15, 0.2) is 24.5 Å². The van der Waals surface area contributed by atoms with Gasteiger partial charge in [-0.2, -0.15) is 5.10 Å². The molecule has 0 bridgehead atoms. The maximum Gasteiger partial charge on any atom is 0.164 e. The molecule has 1 saturated heterocycles. The number of hydrogen-bond donors (Lipinski definition) is 2. The number of anilines is 2. The molecule has 0 spiro atoms. The van der Waals surface area contributed by atoms with Gasteiger partial charge in [-0.05, 0) is 51.8 Å². The highest BCUT2D eigenvalue weighted by Gasteiger charge is 2.30. The highest BCUT2D eigenvalue weighted by Crippen LogP contribution is 2.37. The van der Waals surface area contributed by atoms with Crippen molar-refractivity contribution in [3.05, 3.63) is 30.3 Å². The molecule has 0 radical (unpaired) electrons. The molecule has 0 amide bonds. The summed E-state index contributed by atoms with van der Waals surface area (Å²) in [5.41, 5.74) is 8.81. The molecule has 1 aliphatic carbocycles. The average Bonchev–Trinajstić information content (AvgIpc) is 3.22. The Bertz CT molecular complexity index is 1110. The zero-order valence-corrected chi connectivity index (χ0v) is 19.5. The number of rotatable bonds is 5. The first-order chi connectivity index (χ1) is 16.0. The number of halogens is 1. The van der Waals surface area contributed by atoms with Gasteiger partial charge < -0.3 is 16.0 Å². The number of aromatic nitrogens is 4. The maximum atomic E-state index is 14.7. The number of nitrogens with one attached hydrogen (secondary N) is 1. The van der Waals surface area contributed by atoms with E-state index in [1.807, 2.05) is 17.7 Å². The second-order valence-corrected chi connectivity index (χ2v) is 9.28. The number of piperazine rings is 1. The average molecular weight is 453 g/mol. The van der Waals surface area contributed by atoms with Crippen molar-refractivity contribution in [3.63, 3.8) is 0 Å². The third kappa shape index (κ3) is 4.27. The van der Waals surface area contributed by atoms with Crippen molar-refractivity contribution in [3.8, 4) is 11.3 Å². The first kappa shape index (κ1) is 22.0. The van der Waals surface area contributed by atoms with Crippen LogP contribution in [0.4, 0.5) is 15.9 Å². The normalized spacial score (nSPS) is 22.6. The fourth-order valence-corrected chi connectivity index (χ4v) is 5.30. The van der Waals surface area contributed by atoms with Gasteiger partial charge in [0.2, 0.25) is 0 Å². The van der Waals surface area contributed by atoms with Crippen molar-refractivity contribution >= 4 is 22.5 Å². The van der Waals surface area contributed by atoms with Gasteiger partial charge in [0.05, 0.1) is 17.1 Å². The van der Waals surface area contributed by atoms with Crippen LogP contribution in [0.3, 0.4) is 0 Å². The minimum atomic E-state index is -0.305. The molecular formula is C24H33FN8. The molecule has 1 aliphatic heterocycles. The topological polar surface area (TPSA) is 88.1 Å². The Hall–Kier alpha value is -2.78. The molecule has 176 valence electrons. The first-order valence-electron chi connectivity index (χ1n) is 12.0. The number of nitrogen functional groups attached to an aromatic ring is 1. The predicted molar refractivity (Wildman–Crippen MR) is 130 cm³/mol. The predicted octanol–water partition coefficient (Wildman–Crippen LogP) is 3.38. The smallest absolute Gasteiger partial charge is 0.164 e. The number of nitrogens with zero attached hydrogens (tertiary/aromatic N) is 6. The summed E-state index contributed by atoms with van der Waals surface area (Å²) in [4.78, 5) is 13.8. The van der Waals surface area contributed by atoms with E-state index in [-0.39, 0.29) is 11.9 Å². The van der Waals surface area contributed by atoms with Crippen LogP contribution < -0.4 is 11.1 Å². The van der Waals surface area contributed by atoms with Gasteiger partial charge in [-0.15, -0.1) is 0 Å². The van der Waals surface area contributed by atoms with E-state index >= 15 is 0 Å². The molecule has 1 saturated carbocycles. The van der Waals surface area contributed by atoms with Gasteiger partial charge in [-0.25, -0.2) is 19.0 Å². The van der Waals surface area contributed by atoms with Crippen LogP contribution in [-0.4, -0.2) is 75.4 Å². The van der Waals surface area contributed by atoms with Gasteiger partial charge in [0.25, 0.3) is 0 Å². The molecule has 0 atom stereocenters. The summed E-state index contributed by atoms with van der Waals surface area (Å²) in [5.74, 6) is 0.0729. The fraction of sp³-hybridized carbons (Fsp3) is 0.542. The number of fused-ring (bicyclic) bond motifs is 1. The van der Waals surface area contributed by atoms with E-state index in [2.05, 4.69) is 32.1 Å². The van der Waals surface area contributed by atoms with Gasteiger partial charge in [0.15, 0.2) is 5.65 Å². The molecule has 3 heterocycles. The van der Waals surface area contributed by atoms with Crippen molar-refractivity contribution in [2.45, 2.75) is 44.7 Å². The molecule has 33 heavy (non-hydrogen) atoms. The van der Waals surface area contributed by atoms with E-state index in [4.69, 9.17) is 10.8 Å². The molecule has 2 aromatic heterocycles. The van der Waals surface area contributed by atoms with Crippen molar-refractivity contribution < 1.29 is 4.39 Å². The summed E-state index contributed by atoms with van der Waals surface area (Å²) in [7, 11) is 2.20. The van der Waals surface area contributed by atoms with E-state index < -0.39 is 0 Å². The summed E-state index contributed by atoms with van der Waals surface area (Å²) in [6.07, 6.45) is 5.88. The van der Waals surface area contributed by atoms with Gasteiger partial charge in [0, 0.05) is 44.3 Å². The van der Waals surface area contributed by atoms with Gasteiger partial charge in [-0.1, -0.05) is 6.07 Å². The molecule has 9 heteroatoms. The number of likely N-dealkylation sites (N-methyl/N-ethyl adjacent to an activating group) is 1. The third-order valence-electron chi connectivity index (χ3n) is 7.19. The van der Waals surface area contributed by atoms with E-state index in [0.29, 0.717) is 40.7 Å². The number of nitrogens with two attached hydrogens (primary N) is 1. The van der Waals surface area contributed by atoms with E-state index in [9.17, 15) is 4.39 Å². The Kier molecular flexibility index (Phi) is 6.16. The molecule has 5 rings (SSSR count). The molecule has 3 N–H and O–H groups in total. The van der Waals surface area contributed by atoms with Crippen molar-refractivity contribution in [2.24, 2.45) is 0 Å². The molecule has 0 unspecified atom stereocenters. The Morgan fingerprint density at radius 1 is 1.06 bits per heavy atom. The summed E-state index contributed by atoms with van der Waals surface area (Å²) in [6.45, 7) is 7.20. The van der Waals surface area contributed by atoms with E-state index in [1.165, 1.54) is 12.4 Å². The highest BCUT2D eigenvalue weighted by atomic mass is 19.1. The van der Waals surface area contributed by atoms with Crippen LogP contribution in [0.5, 0.6) is 0 Å². The zero-order chi connectivity index (χ0) is 22.9. The lowest BCUT2D eigenvalue weighted by Crippen LogP contribution is -2.49. The molecule has 1 aromatic carbocycles. The number of benzene rings is 1. The van der Waals surface area contributed by atoms with Crippen molar-refractivity contribution in [1.82, 2.24) is 29.5 Å². The molecule has 2 fully saturated rings. The minimum absolute atomic E-state index is 0.255. The Morgan fingerprint density at radius 2 is 1.79 bits per heavy atom. The van der Waals surface area contributed by atoms with Crippen LogP contribution >= 0.6 is 0 Å². The summed E-state index contributed by atoms with van der Waals surface area (Å²) < 4.78 is 16.7. The first-order valence-corrected chi connectivity index (χ1v) is 12.0. The SMILES string of the molecule is CCNc1ccc(-c2nn(C3CCC(N4CCN(C)CC4)CC3)c3ncnc(N)c23)cc1F. The fourth-order valence-electron chi connectivity index (χ4n) is 5.30. The molecular weight excluding hydrogens is 419 g/mol. The number of hydrogen-bond acceptors (Lipinski definition) is 7. The van der Waals surface area contributed by atoms with Crippen LogP contribution in [0.25, 0.3) is 22.3 Å². The lowest BCUT2D eigenvalue weighted by atomic mass is 9.90. The van der Waals surface area contributed by atoms with Crippen molar-refractivity contribution in [1.29, 1.82) is 0 Å². The Labute approximate surface area is 194 Å². The van der Waals surface area contributed by atoms with Crippen LogP contribution in [0, 0.1) is 5.82 Å². The zero-order valence-electron chi connectivity index (χ0n) is 19.5. The lowest BCUT2D eigenvalue weighted by molar-refractivity contribution is 0.0815. The van der Waals surface area contributed by atoms with Gasteiger partial charge in [-0.3, -0.25) is 4.90 Å². The molecule has 8 nitrogen and oxygen atoms in total. The third-order valence-corrected chi connectivity index (χ3v) is 7.19. The molecule has 3 aromatic rings. The van der Waals surface area contributed by atoms with Gasteiger partial charge in [0.1, 0.15) is 23.7 Å². The van der Waals surface area contributed by atoms with Crippen molar-refractivity contribution in [2.75, 3.05) is 50.8 Å². The second-order valence-electron chi connectivity index (χ2n) is 9.28. The summed E-state index contributed by atoms with van der Waals surface area (Å²) in [5, 5.41) is 8.68. The summed E-state index contributed by atoms with van der Waals surface area (Å²) >= 11 is 0. The van der Waals surface area contributed by atoms with Crippen LogP contribution in [0.1, 0.15) is 38.6 Å². The minimum Gasteiger partial charge on any atom is -0.383 e. The Morgan fingerprint density at radius 3 is 2.48 bits per heavy atom. The second kappa shape index (κ2) is 9.23. The summed E-state index contributed by atoms with van der Waals surface area (Å²) in [6, 6.07) is 6.04. The van der Waals surface area contributed by atoms with E-state index in [1.54, 1.807) is 6.07 Å². The Balaban J connectivity index is 1.42. The van der Waals surface area contributed by atoms with Crippen LogP contribution in [0.2, 0.25) is 0 Å². The standard InChI is InChI=1S/C24H33FN8/c1-3-27-20-9-4-16(14-19(20)25)22-21-23(26)28-15-29-24(21)33(30-22)18-7-5-17(6-8-18)32-12-10-31(2)11-13-32/h4,9,14-15,17-18,27H,3,5-8,10-13H2,1-2H3,(H2,26,28,29). The largest absolute Gasteiger partial charge is 0.383 e. The van der Waals surface area contributed by atoms with Gasteiger partial charge >= 0.3 is 0 Å². The maximum absolute atomic E-state index is 14.7. The van der Waals surface area contributed by atoms with E-state index in [0.717, 1.165) is 57.5 Å².